The zero-order valence-corrected chi connectivity index (χ0v) is 21.3. The van der Waals surface area contributed by atoms with E-state index in [-0.39, 0.29) is 23.8 Å². The maximum atomic E-state index is 15.3. The molecule has 0 heterocycles. The van der Waals surface area contributed by atoms with Gasteiger partial charge in [-0.3, -0.25) is 0 Å². The van der Waals surface area contributed by atoms with Gasteiger partial charge >= 0.3 is 6.36 Å². The van der Waals surface area contributed by atoms with E-state index >= 15 is 4.39 Å². The Kier molecular flexibility index (Phi) is 8.83. The number of halogens is 7. The number of ether oxygens (including phenoxy) is 1. The van der Waals surface area contributed by atoms with Gasteiger partial charge in [0, 0.05) is 5.39 Å². The third kappa shape index (κ3) is 7.11. The third-order valence-electron chi connectivity index (χ3n) is 6.65. The molecule has 0 saturated carbocycles. The normalized spacial score (nSPS) is 11.8. The van der Waals surface area contributed by atoms with Crippen LogP contribution in [-0.4, -0.2) is 6.36 Å². The fourth-order valence-corrected chi connectivity index (χ4v) is 4.67. The lowest BCUT2D eigenvalue weighted by Gasteiger charge is -2.12. The van der Waals surface area contributed by atoms with Crippen LogP contribution in [0.1, 0.15) is 49.3 Å². The van der Waals surface area contributed by atoms with E-state index in [1.807, 2.05) is 0 Å². The van der Waals surface area contributed by atoms with Crippen molar-refractivity contribution in [2.75, 3.05) is 0 Å². The molecule has 0 spiro atoms. The Labute approximate surface area is 222 Å². The molecular weight excluding hydrogens is 521 g/mol. The number of rotatable bonds is 10. The van der Waals surface area contributed by atoms with Crippen molar-refractivity contribution in [1.82, 2.24) is 0 Å². The Morgan fingerprint density at radius 2 is 1.38 bits per heavy atom. The van der Waals surface area contributed by atoms with E-state index in [1.165, 1.54) is 42.5 Å². The summed E-state index contributed by atoms with van der Waals surface area (Å²) in [7, 11) is 0. The molecule has 4 aromatic carbocycles. The zero-order valence-electron chi connectivity index (χ0n) is 21.3. The van der Waals surface area contributed by atoms with Crippen molar-refractivity contribution in [3.8, 4) is 16.9 Å². The molecule has 0 saturated heterocycles. The van der Waals surface area contributed by atoms with Crippen LogP contribution in [0.2, 0.25) is 0 Å². The number of fused-ring (bicyclic) bond motifs is 1. The summed E-state index contributed by atoms with van der Waals surface area (Å²) in [5.41, 5.74) is 1.41. The Hall–Kier alpha value is -3.55. The van der Waals surface area contributed by atoms with E-state index in [0.29, 0.717) is 34.1 Å². The number of hydrogen-bond acceptors (Lipinski definition) is 1. The van der Waals surface area contributed by atoms with Gasteiger partial charge in [-0.1, -0.05) is 56.5 Å². The van der Waals surface area contributed by atoms with Crippen molar-refractivity contribution in [1.29, 1.82) is 0 Å². The molecular formula is C31H27F7O. The molecule has 0 radical (unpaired) electrons. The highest BCUT2D eigenvalue weighted by Crippen LogP contribution is 2.32. The first-order valence-corrected chi connectivity index (χ1v) is 12.8. The predicted molar refractivity (Wildman–Crippen MR) is 138 cm³/mol. The quantitative estimate of drug-likeness (QED) is 0.142. The Bertz CT molecular complexity index is 1440. The van der Waals surface area contributed by atoms with Gasteiger partial charge in [-0.2, -0.15) is 0 Å². The van der Waals surface area contributed by atoms with E-state index in [4.69, 9.17) is 0 Å². The molecule has 206 valence electrons. The van der Waals surface area contributed by atoms with Gasteiger partial charge in [0.25, 0.3) is 0 Å². The van der Waals surface area contributed by atoms with Crippen LogP contribution >= 0.6 is 0 Å². The van der Waals surface area contributed by atoms with Crippen LogP contribution in [-0.2, 0) is 19.3 Å². The maximum Gasteiger partial charge on any atom is 0.573 e. The molecule has 0 N–H and O–H groups in total. The number of unbranched alkanes of at least 4 members (excludes halogenated alkanes) is 3. The highest BCUT2D eigenvalue weighted by atomic mass is 19.4. The minimum absolute atomic E-state index is 0.158. The smallest absolute Gasteiger partial charge is 0.403 e. The van der Waals surface area contributed by atoms with Crippen LogP contribution in [0.5, 0.6) is 5.75 Å². The summed E-state index contributed by atoms with van der Waals surface area (Å²) in [6, 6.07) is 13.4. The van der Waals surface area contributed by atoms with Gasteiger partial charge in [0.1, 0.15) is 17.5 Å². The van der Waals surface area contributed by atoms with Crippen LogP contribution in [0.4, 0.5) is 30.7 Å². The Morgan fingerprint density at radius 1 is 0.667 bits per heavy atom. The van der Waals surface area contributed by atoms with E-state index in [0.717, 1.165) is 37.8 Å². The van der Waals surface area contributed by atoms with E-state index in [1.54, 1.807) is 6.07 Å². The first-order valence-electron chi connectivity index (χ1n) is 12.8. The van der Waals surface area contributed by atoms with Gasteiger partial charge in [0.15, 0.2) is 11.6 Å². The molecule has 39 heavy (non-hydrogen) atoms. The van der Waals surface area contributed by atoms with Gasteiger partial charge < -0.3 is 4.74 Å². The largest absolute Gasteiger partial charge is 0.573 e. The molecule has 0 fully saturated rings. The second-order valence-electron chi connectivity index (χ2n) is 9.53. The second-order valence-corrected chi connectivity index (χ2v) is 9.53. The topological polar surface area (TPSA) is 9.23 Å². The second kappa shape index (κ2) is 12.1. The lowest BCUT2D eigenvalue weighted by Crippen LogP contribution is -2.18. The first kappa shape index (κ1) is 28.5. The monoisotopic (exact) mass is 548 g/mol. The highest BCUT2D eigenvalue weighted by molar-refractivity contribution is 5.88. The standard InChI is InChI=1S/C31H27F7O/c1-2-3-4-5-6-20-16-26(33)29(27(34)17-20)23-12-13-24-22(18-23)11-10-21(30(24)35)9-7-19-8-14-28(25(32)15-19)39-31(36,37)38/h8,10-18H,2-7,9H2,1H3. The maximum absolute atomic E-state index is 15.3. The lowest BCUT2D eigenvalue weighted by atomic mass is 9.95. The average molecular weight is 549 g/mol. The molecule has 4 aromatic rings. The van der Waals surface area contributed by atoms with Crippen LogP contribution < -0.4 is 4.74 Å². The van der Waals surface area contributed by atoms with Crippen molar-refractivity contribution in [3.05, 3.63) is 101 Å². The minimum Gasteiger partial charge on any atom is -0.403 e. The van der Waals surface area contributed by atoms with Gasteiger partial charge in [-0.15, -0.1) is 13.2 Å². The minimum atomic E-state index is -5.01. The van der Waals surface area contributed by atoms with Crippen molar-refractivity contribution in [2.24, 2.45) is 0 Å². The Balaban J connectivity index is 1.51. The van der Waals surface area contributed by atoms with Gasteiger partial charge in [-0.25, -0.2) is 17.6 Å². The molecule has 0 aromatic heterocycles. The summed E-state index contributed by atoms with van der Waals surface area (Å²) < 4.78 is 99.7. The van der Waals surface area contributed by atoms with Gasteiger partial charge in [0.05, 0.1) is 5.56 Å². The average Bonchev–Trinajstić information content (AvgIpc) is 2.87. The number of benzene rings is 4. The van der Waals surface area contributed by atoms with Crippen LogP contribution in [0.3, 0.4) is 0 Å². The van der Waals surface area contributed by atoms with Crippen LogP contribution in [0.25, 0.3) is 21.9 Å². The summed E-state index contributed by atoms with van der Waals surface area (Å²) >= 11 is 0. The highest BCUT2D eigenvalue weighted by Gasteiger charge is 2.32. The Morgan fingerprint density at radius 3 is 2.05 bits per heavy atom. The first-order chi connectivity index (χ1) is 18.6. The summed E-state index contributed by atoms with van der Waals surface area (Å²) in [6.07, 6.45) is -0.0790. The van der Waals surface area contributed by atoms with Gasteiger partial charge in [-0.05, 0) is 83.7 Å². The van der Waals surface area contributed by atoms with Crippen LogP contribution in [0, 0.1) is 23.3 Å². The number of hydrogen-bond donors (Lipinski definition) is 0. The molecule has 8 heteroatoms. The molecule has 0 bridgehead atoms. The van der Waals surface area contributed by atoms with E-state index in [2.05, 4.69) is 11.7 Å². The zero-order chi connectivity index (χ0) is 28.2. The fourth-order valence-electron chi connectivity index (χ4n) is 4.67. The van der Waals surface area contributed by atoms with Crippen molar-refractivity contribution >= 4 is 10.8 Å². The van der Waals surface area contributed by atoms with Crippen molar-refractivity contribution in [2.45, 2.75) is 58.2 Å². The van der Waals surface area contributed by atoms with E-state index < -0.39 is 35.4 Å². The molecule has 0 aliphatic rings. The van der Waals surface area contributed by atoms with Crippen molar-refractivity contribution in [3.63, 3.8) is 0 Å². The molecule has 0 atom stereocenters. The molecule has 0 aliphatic carbocycles. The molecule has 0 amide bonds. The van der Waals surface area contributed by atoms with E-state index in [9.17, 15) is 26.3 Å². The summed E-state index contributed by atoms with van der Waals surface area (Å²) in [5.74, 6) is -3.97. The molecule has 0 aliphatic heterocycles. The number of aryl methyl sites for hydroxylation is 3. The molecule has 1 nitrogen and oxygen atoms in total. The molecule has 4 rings (SSSR count). The lowest BCUT2D eigenvalue weighted by molar-refractivity contribution is -0.275. The van der Waals surface area contributed by atoms with Gasteiger partial charge in [0.2, 0.25) is 0 Å². The fraction of sp³-hybridized carbons (Fsp3) is 0.290. The molecule has 0 unspecified atom stereocenters. The number of alkyl halides is 3. The third-order valence-corrected chi connectivity index (χ3v) is 6.65. The predicted octanol–water partition coefficient (Wildman–Crippen LogP) is 9.87. The van der Waals surface area contributed by atoms with Crippen molar-refractivity contribution < 1.29 is 35.5 Å². The van der Waals surface area contributed by atoms with Crippen LogP contribution in [0.15, 0.2) is 60.7 Å². The summed E-state index contributed by atoms with van der Waals surface area (Å²) in [5, 5.41) is 0.709. The SMILES string of the molecule is CCCCCCc1cc(F)c(-c2ccc3c(F)c(CCc4ccc(OC(F)(F)F)c(F)c4)ccc3c2)c(F)c1. The summed E-state index contributed by atoms with van der Waals surface area (Å²) in [6.45, 7) is 2.09. The summed E-state index contributed by atoms with van der Waals surface area (Å²) in [4.78, 5) is 0.